The summed E-state index contributed by atoms with van der Waals surface area (Å²) in [6.07, 6.45) is 2.30. The first-order valence-electron chi connectivity index (χ1n) is 7.94. The molecule has 0 saturated heterocycles. The van der Waals surface area contributed by atoms with Gasteiger partial charge in [-0.2, -0.15) is 5.10 Å². The van der Waals surface area contributed by atoms with E-state index in [0.29, 0.717) is 19.6 Å². The van der Waals surface area contributed by atoms with Crippen LogP contribution in [0.25, 0.3) is 0 Å². The van der Waals surface area contributed by atoms with Crippen LogP contribution in [0, 0.1) is 6.92 Å². The SMILES string of the molecule is Cc1nn(C)cc1CC(=O)N1CCN2CCOc3cccc1c32. The van der Waals surface area contributed by atoms with Gasteiger partial charge in [-0.25, -0.2) is 0 Å². The molecular formula is C17H20N4O2. The molecule has 2 aromatic rings. The van der Waals surface area contributed by atoms with E-state index in [1.807, 2.05) is 43.3 Å². The van der Waals surface area contributed by atoms with Gasteiger partial charge in [0.25, 0.3) is 0 Å². The summed E-state index contributed by atoms with van der Waals surface area (Å²) in [6.45, 7) is 5.10. The van der Waals surface area contributed by atoms with Crippen LogP contribution >= 0.6 is 0 Å². The van der Waals surface area contributed by atoms with Crippen LogP contribution in [-0.4, -0.2) is 41.9 Å². The van der Waals surface area contributed by atoms with Crippen molar-refractivity contribution in [1.29, 1.82) is 0 Å². The number of amides is 1. The highest BCUT2D eigenvalue weighted by Crippen LogP contribution is 2.42. The lowest BCUT2D eigenvalue weighted by molar-refractivity contribution is -0.118. The molecule has 2 aliphatic rings. The van der Waals surface area contributed by atoms with Crippen LogP contribution in [-0.2, 0) is 18.3 Å². The van der Waals surface area contributed by atoms with Crippen molar-refractivity contribution in [2.45, 2.75) is 13.3 Å². The number of ether oxygens (including phenoxy) is 1. The first kappa shape index (κ1) is 14.1. The van der Waals surface area contributed by atoms with E-state index in [0.717, 1.165) is 41.5 Å². The smallest absolute Gasteiger partial charge is 0.231 e. The van der Waals surface area contributed by atoms with Crippen LogP contribution in [0.1, 0.15) is 11.3 Å². The largest absolute Gasteiger partial charge is 0.489 e. The number of aryl methyl sites for hydroxylation is 2. The summed E-state index contributed by atoms with van der Waals surface area (Å²) in [5.41, 5.74) is 3.92. The standard InChI is InChI=1S/C17H20N4O2/c1-12-13(11-19(2)18-12)10-16(22)21-7-6-20-8-9-23-15-5-3-4-14(21)17(15)20/h3-5,11H,6-10H2,1-2H3. The van der Waals surface area contributed by atoms with Crippen LogP contribution in [0.2, 0.25) is 0 Å². The van der Waals surface area contributed by atoms with Crippen molar-refractivity contribution in [2.75, 3.05) is 36.0 Å². The Bertz CT molecular complexity index is 768. The van der Waals surface area contributed by atoms with Gasteiger partial charge in [0, 0.05) is 31.9 Å². The molecule has 6 nitrogen and oxygen atoms in total. The number of hydrogen-bond acceptors (Lipinski definition) is 4. The summed E-state index contributed by atoms with van der Waals surface area (Å²) >= 11 is 0. The van der Waals surface area contributed by atoms with E-state index in [9.17, 15) is 4.79 Å². The molecule has 4 rings (SSSR count). The molecule has 1 aromatic heterocycles. The molecule has 23 heavy (non-hydrogen) atoms. The van der Waals surface area contributed by atoms with Gasteiger partial charge in [-0.05, 0) is 19.1 Å². The summed E-state index contributed by atoms with van der Waals surface area (Å²) in [7, 11) is 1.88. The summed E-state index contributed by atoms with van der Waals surface area (Å²) in [6, 6.07) is 5.94. The molecule has 0 aliphatic carbocycles. The zero-order chi connectivity index (χ0) is 16.0. The van der Waals surface area contributed by atoms with Crippen molar-refractivity contribution >= 4 is 17.3 Å². The second-order valence-electron chi connectivity index (χ2n) is 6.09. The summed E-state index contributed by atoms with van der Waals surface area (Å²) < 4.78 is 7.50. The minimum atomic E-state index is 0.111. The van der Waals surface area contributed by atoms with Gasteiger partial charge in [0.15, 0.2) is 0 Å². The van der Waals surface area contributed by atoms with E-state index in [1.165, 1.54) is 0 Å². The molecule has 0 N–H and O–H groups in total. The van der Waals surface area contributed by atoms with Crippen molar-refractivity contribution in [3.8, 4) is 5.75 Å². The minimum Gasteiger partial charge on any atom is -0.489 e. The monoisotopic (exact) mass is 312 g/mol. The van der Waals surface area contributed by atoms with Gasteiger partial charge in [0.05, 0.1) is 24.3 Å². The third-order valence-corrected chi connectivity index (χ3v) is 4.55. The molecule has 1 aromatic carbocycles. The van der Waals surface area contributed by atoms with Gasteiger partial charge in [0.1, 0.15) is 18.0 Å². The molecule has 0 radical (unpaired) electrons. The van der Waals surface area contributed by atoms with Crippen LogP contribution < -0.4 is 14.5 Å². The molecule has 0 atom stereocenters. The number of aromatic nitrogens is 2. The highest BCUT2D eigenvalue weighted by atomic mass is 16.5. The van der Waals surface area contributed by atoms with Gasteiger partial charge >= 0.3 is 0 Å². The fraction of sp³-hybridized carbons (Fsp3) is 0.412. The van der Waals surface area contributed by atoms with E-state index in [-0.39, 0.29) is 5.91 Å². The number of hydrogen-bond donors (Lipinski definition) is 0. The van der Waals surface area contributed by atoms with E-state index in [1.54, 1.807) is 4.68 Å². The average Bonchev–Trinajstić information content (AvgIpc) is 2.85. The molecule has 0 saturated carbocycles. The van der Waals surface area contributed by atoms with E-state index >= 15 is 0 Å². The summed E-state index contributed by atoms with van der Waals surface area (Å²) in [5, 5.41) is 4.32. The highest BCUT2D eigenvalue weighted by molar-refractivity contribution is 6.00. The molecule has 2 aliphatic heterocycles. The third kappa shape index (κ3) is 2.34. The molecule has 1 amide bonds. The zero-order valence-electron chi connectivity index (χ0n) is 13.5. The lowest BCUT2D eigenvalue weighted by Crippen LogP contribution is -2.47. The van der Waals surface area contributed by atoms with Crippen molar-refractivity contribution in [2.24, 2.45) is 7.05 Å². The number of rotatable bonds is 2. The Morgan fingerprint density at radius 1 is 1.30 bits per heavy atom. The maximum absolute atomic E-state index is 12.8. The molecule has 120 valence electrons. The quantitative estimate of drug-likeness (QED) is 0.843. The zero-order valence-corrected chi connectivity index (χ0v) is 13.5. The van der Waals surface area contributed by atoms with Crippen molar-refractivity contribution in [3.63, 3.8) is 0 Å². The molecule has 3 heterocycles. The van der Waals surface area contributed by atoms with Crippen molar-refractivity contribution in [1.82, 2.24) is 9.78 Å². The fourth-order valence-electron chi connectivity index (χ4n) is 3.44. The third-order valence-electron chi connectivity index (χ3n) is 4.55. The Morgan fingerprint density at radius 2 is 2.17 bits per heavy atom. The number of carbonyl (C=O) groups excluding carboxylic acids is 1. The molecule has 0 spiro atoms. The van der Waals surface area contributed by atoms with E-state index in [4.69, 9.17) is 4.74 Å². The molecule has 0 bridgehead atoms. The van der Waals surface area contributed by atoms with Crippen LogP contribution in [0.3, 0.4) is 0 Å². The Morgan fingerprint density at radius 3 is 2.96 bits per heavy atom. The lowest BCUT2D eigenvalue weighted by atomic mass is 10.1. The molecule has 6 heteroatoms. The Kier molecular flexibility index (Phi) is 3.25. The number of benzene rings is 1. The number of para-hydroxylation sites is 1. The van der Waals surface area contributed by atoms with Gasteiger partial charge in [0.2, 0.25) is 5.91 Å². The van der Waals surface area contributed by atoms with Gasteiger partial charge in [-0.3, -0.25) is 9.48 Å². The predicted molar refractivity (Wildman–Crippen MR) is 88.2 cm³/mol. The number of nitrogens with zero attached hydrogens (tertiary/aromatic N) is 4. The summed E-state index contributed by atoms with van der Waals surface area (Å²) in [4.78, 5) is 17.0. The van der Waals surface area contributed by atoms with Gasteiger partial charge in [-0.1, -0.05) is 6.07 Å². The second kappa shape index (κ2) is 5.30. The normalized spacial score (nSPS) is 16.1. The average molecular weight is 312 g/mol. The highest BCUT2D eigenvalue weighted by Gasteiger charge is 2.31. The van der Waals surface area contributed by atoms with E-state index in [2.05, 4.69) is 10.00 Å². The van der Waals surface area contributed by atoms with Crippen molar-refractivity contribution < 1.29 is 9.53 Å². The Labute approximate surface area is 135 Å². The number of carbonyl (C=O) groups is 1. The first-order valence-corrected chi connectivity index (χ1v) is 7.94. The van der Waals surface area contributed by atoms with Crippen LogP contribution in [0.5, 0.6) is 5.75 Å². The predicted octanol–water partition coefficient (Wildman–Crippen LogP) is 1.52. The topological polar surface area (TPSA) is 50.6 Å². The van der Waals surface area contributed by atoms with E-state index < -0.39 is 0 Å². The van der Waals surface area contributed by atoms with Crippen molar-refractivity contribution in [3.05, 3.63) is 35.7 Å². The Hall–Kier alpha value is -2.50. The first-order chi connectivity index (χ1) is 11.1. The van der Waals surface area contributed by atoms with Crippen LogP contribution in [0.4, 0.5) is 11.4 Å². The maximum atomic E-state index is 12.8. The van der Waals surface area contributed by atoms with Crippen LogP contribution in [0.15, 0.2) is 24.4 Å². The minimum absolute atomic E-state index is 0.111. The number of anilines is 2. The van der Waals surface area contributed by atoms with Gasteiger partial charge < -0.3 is 14.5 Å². The fourth-order valence-corrected chi connectivity index (χ4v) is 3.44. The molecule has 0 unspecified atom stereocenters. The summed E-state index contributed by atoms with van der Waals surface area (Å²) in [5.74, 6) is 0.989. The second-order valence-corrected chi connectivity index (χ2v) is 6.09. The molecular weight excluding hydrogens is 292 g/mol. The molecule has 0 fully saturated rings. The maximum Gasteiger partial charge on any atom is 0.231 e. The lowest BCUT2D eigenvalue weighted by Gasteiger charge is -2.41. The van der Waals surface area contributed by atoms with Gasteiger partial charge in [-0.15, -0.1) is 0 Å². The Balaban J connectivity index is 1.65.